The van der Waals surface area contributed by atoms with Gasteiger partial charge in [0.05, 0.1) is 17.7 Å². The van der Waals surface area contributed by atoms with Crippen LogP contribution in [0.2, 0.25) is 0 Å². The van der Waals surface area contributed by atoms with Gasteiger partial charge in [-0.15, -0.1) is 11.3 Å². The van der Waals surface area contributed by atoms with Gasteiger partial charge in [0.1, 0.15) is 6.04 Å². The molecule has 0 fully saturated rings. The summed E-state index contributed by atoms with van der Waals surface area (Å²) in [5.41, 5.74) is 9.60. The Morgan fingerprint density at radius 1 is 1.42 bits per heavy atom. The maximum atomic E-state index is 12.3. The van der Waals surface area contributed by atoms with Crippen molar-refractivity contribution in [3.05, 3.63) is 52.0 Å². The van der Waals surface area contributed by atoms with Crippen molar-refractivity contribution in [1.82, 2.24) is 9.88 Å². The van der Waals surface area contributed by atoms with Gasteiger partial charge in [0.15, 0.2) is 0 Å². The van der Waals surface area contributed by atoms with Crippen molar-refractivity contribution in [1.29, 1.82) is 0 Å². The first-order valence-corrected chi connectivity index (χ1v) is 6.92. The van der Waals surface area contributed by atoms with E-state index in [4.69, 9.17) is 5.73 Å². The molecule has 5 heteroatoms. The van der Waals surface area contributed by atoms with E-state index in [-0.39, 0.29) is 5.91 Å². The van der Waals surface area contributed by atoms with Gasteiger partial charge in [-0.2, -0.15) is 0 Å². The Kier molecular flexibility index (Phi) is 4.29. The molecule has 0 spiro atoms. The van der Waals surface area contributed by atoms with E-state index in [0.29, 0.717) is 6.54 Å². The van der Waals surface area contributed by atoms with E-state index in [1.807, 2.05) is 37.3 Å². The van der Waals surface area contributed by atoms with E-state index in [2.05, 4.69) is 4.98 Å². The van der Waals surface area contributed by atoms with Crippen LogP contribution in [0.25, 0.3) is 0 Å². The Morgan fingerprint density at radius 3 is 2.68 bits per heavy atom. The Hall–Kier alpha value is -1.72. The second kappa shape index (κ2) is 5.95. The summed E-state index contributed by atoms with van der Waals surface area (Å²) in [6.45, 7) is 2.50. The van der Waals surface area contributed by atoms with Crippen LogP contribution in [0.1, 0.15) is 22.2 Å². The van der Waals surface area contributed by atoms with Crippen LogP contribution in [0.4, 0.5) is 0 Å². The van der Waals surface area contributed by atoms with Crippen molar-refractivity contribution < 1.29 is 4.79 Å². The van der Waals surface area contributed by atoms with Crippen LogP contribution in [0.5, 0.6) is 0 Å². The molecule has 2 aromatic rings. The molecule has 1 aromatic carbocycles. The van der Waals surface area contributed by atoms with Crippen molar-refractivity contribution in [3.63, 3.8) is 0 Å². The first-order valence-electron chi connectivity index (χ1n) is 6.04. The second-order valence-electron chi connectivity index (χ2n) is 4.44. The minimum absolute atomic E-state index is 0.0843. The van der Waals surface area contributed by atoms with Gasteiger partial charge < -0.3 is 10.6 Å². The number of carbonyl (C=O) groups is 1. The summed E-state index contributed by atoms with van der Waals surface area (Å²) in [6, 6.07) is 8.80. The van der Waals surface area contributed by atoms with Crippen molar-refractivity contribution in [2.75, 3.05) is 7.05 Å². The Labute approximate surface area is 116 Å². The maximum Gasteiger partial charge on any atom is 0.244 e. The van der Waals surface area contributed by atoms with E-state index in [1.165, 1.54) is 0 Å². The first kappa shape index (κ1) is 13.7. The number of nitrogens with two attached hydrogens (primary N) is 1. The number of carbonyl (C=O) groups excluding carboxylic acids is 1. The highest BCUT2D eigenvalue weighted by atomic mass is 32.1. The largest absolute Gasteiger partial charge is 0.339 e. The molecular weight excluding hydrogens is 258 g/mol. The Morgan fingerprint density at radius 2 is 2.11 bits per heavy atom. The van der Waals surface area contributed by atoms with Crippen LogP contribution >= 0.6 is 11.3 Å². The molecule has 0 unspecified atom stereocenters. The fourth-order valence-corrected chi connectivity index (χ4v) is 2.64. The first-order chi connectivity index (χ1) is 9.09. The van der Waals surface area contributed by atoms with Crippen LogP contribution in [-0.2, 0) is 11.3 Å². The van der Waals surface area contributed by atoms with Crippen LogP contribution in [0, 0.1) is 6.92 Å². The van der Waals surface area contributed by atoms with Crippen molar-refractivity contribution in [2.45, 2.75) is 19.5 Å². The van der Waals surface area contributed by atoms with Crippen molar-refractivity contribution in [3.8, 4) is 0 Å². The summed E-state index contributed by atoms with van der Waals surface area (Å²) in [7, 11) is 1.77. The molecule has 1 atom stereocenters. The van der Waals surface area contributed by atoms with Crippen LogP contribution in [-0.4, -0.2) is 22.8 Å². The van der Waals surface area contributed by atoms with Gasteiger partial charge in [-0.1, -0.05) is 30.3 Å². The average molecular weight is 275 g/mol. The molecule has 19 heavy (non-hydrogen) atoms. The number of thiazole rings is 1. The molecule has 0 saturated carbocycles. The number of aromatic nitrogens is 1. The van der Waals surface area contributed by atoms with Gasteiger partial charge in [-0.25, -0.2) is 4.98 Å². The molecular formula is C14H17N3OS. The lowest BCUT2D eigenvalue weighted by atomic mass is 10.1. The maximum absolute atomic E-state index is 12.3. The molecule has 1 heterocycles. The third-order valence-corrected chi connectivity index (χ3v) is 3.95. The van der Waals surface area contributed by atoms with E-state index < -0.39 is 6.04 Å². The van der Waals surface area contributed by atoms with Gasteiger partial charge in [0.25, 0.3) is 0 Å². The predicted octanol–water partition coefficient (Wildman–Crippen LogP) is 2.11. The third-order valence-electron chi connectivity index (χ3n) is 3.03. The molecule has 0 bridgehead atoms. The fourth-order valence-electron chi connectivity index (χ4n) is 1.81. The highest BCUT2D eigenvalue weighted by molar-refractivity contribution is 7.09. The van der Waals surface area contributed by atoms with E-state index in [9.17, 15) is 4.79 Å². The zero-order valence-corrected chi connectivity index (χ0v) is 11.9. The molecule has 2 rings (SSSR count). The van der Waals surface area contributed by atoms with Crippen LogP contribution in [0.15, 0.2) is 35.8 Å². The lowest BCUT2D eigenvalue weighted by Crippen LogP contribution is -2.35. The zero-order valence-electron chi connectivity index (χ0n) is 11.0. The molecule has 0 radical (unpaired) electrons. The van der Waals surface area contributed by atoms with Crippen molar-refractivity contribution in [2.24, 2.45) is 5.73 Å². The summed E-state index contributed by atoms with van der Waals surface area (Å²) >= 11 is 1.56. The number of benzene rings is 1. The fraction of sp³-hybridized carbons (Fsp3) is 0.286. The molecule has 100 valence electrons. The minimum atomic E-state index is -0.612. The summed E-state index contributed by atoms with van der Waals surface area (Å²) in [6.07, 6.45) is 0. The monoisotopic (exact) mass is 275 g/mol. The molecule has 1 aromatic heterocycles. The molecule has 4 nitrogen and oxygen atoms in total. The third kappa shape index (κ3) is 3.19. The quantitative estimate of drug-likeness (QED) is 0.929. The molecule has 0 aliphatic heterocycles. The molecule has 0 aliphatic carbocycles. The SMILES string of the molecule is Cc1ncsc1CN(C)C(=O)[C@@H](N)c1ccccc1. The minimum Gasteiger partial charge on any atom is -0.339 e. The van der Waals surface area contributed by atoms with E-state index >= 15 is 0 Å². The number of hydrogen-bond acceptors (Lipinski definition) is 4. The number of aryl methyl sites for hydroxylation is 1. The number of likely N-dealkylation sites (N-methyl/N-ethyl adjacent to an activating group) is 1. The molecule has 0 aliphatic rings. The highest BCUT2D eigenvalue weighted by Crippen LogP contribution is 2.17. The Balaban J connectivity index is 2.05. The van der Waals surface area contributed by atoms with Crippen LogP contribution in [0.3, 0.4) is 0 Å². The number of rotatable bonds is 4. The van der Waals surface area contributed by atoms with Crippen molar-refractivity contribution >= 4 is 17.2 Å². The highest BCUT2D eigenvalue weighted by Gasteiger charge is 2.20. The number of nitrogens with zero attached hydrogens (tertiary/aromatic N) is 2. The lowest BCUT2D eigenvalue weighted by molar-refractivity contribution is -0.131. The zero-order chi connectivity index (χ0) is 13.8. The molecule has 2 N–H and O–H groups in total. The topological polar surface area (TPSA) is 59.2 Å². The van der Waals surface area contributed by atoms with Gasteiger partial charge in [0, 0.05) is 11.9 Å². The number of hydrogen-bond donors (Lipinski definition) is 1. The normalized spacial score (nSPS) is 12.2. The van der Waals surface area contributed by atoms with Crippen LogP contribution < -0.4 is 5.73 Å². The van der Waals surface area contributed by atoms with E-state index in [1.54, 1.807) is 28.8 Å². The summed E-state index contributed by atoms with van der Waals surface area (Å²) in [5.74, 6) is -0.0843. The van der Waals surface area contributed by atoms with Gasteiger partial charge in [-0.3, -0.25) is 4.79 Å². The molecule has 1 amide bonds. The molecule has 0 saturated heterocycles. The lowest BCUT2D eigenvalue weighted by Gasteiger charge is -2.21. The summed E-state index contributed by atoms with van der Waals surface area (Å²) < 4.78 is 0. The smallest absolute Gasteiger partial charge is 0.244 e. The van der Waals surface area contributed by atoms with Gasteiger partial charge in [0.2, 0.25) is 5.91 Å². The predicted molar refractivity (Wildman–Crippen MR) is 76.7 cm³/mol. The average Bonchev–Trinajstić information content (AvgIpc) is 2.83. The van der Waals surface area contributed by atoms with Gasteiger partial charge >= 0.3 is 0 Å². The standard InChI is InChI=1S/C14H17N3OS/c1-10-12(19-9-16-10)8-17(2)14(18)13(15)11-6-4-3-5-7-11/h3-7,9,13H,8,15H2,1-2H3/t13-/m0/s1. The Bertz CT molecular complexity index is 553. The van der Waals surface area contributed by atoms with E-state index in [0.717, 1.165) is 16.1 Å². The second-order valence-corrected chi connectivity index (χ2v) is 5.38. The summed E-state index contributed by atoms with van der Waals surface area (Å²) in [5, 5.41) is 0. The van der Waals surface area contributed by atoms with Gasteiger partial charge in [-0.05, 0) is 12.5 Å². The number of amides is 1. The summed E-state index contributed by atoms with van der Waals surface area (Å²) in [4.78, 5) is 19.2.